The summed E-state index contributed by atoms with van der Waals surface area (Å²) in [7, 11) is -2.04. The molecule has 0 bridgehead atoms. The summed E-state index contributed by atoms with van der Waals surface area (Å²) in [5.41, 5.74) is 4.35. The van der Waals surface area contributed by atoms with Crippen molar-refractivity contribution in [3.8, 4) is 0 Å². The fourth-order valence-corrected chi connectivity index (χ4v) is 5.68. The van der Waals surface area contributed by atoms with Crippen molar-refractivity contribution in [3.05, 3.63) is 89.0 Å². The van der Waals surface area contributed by atoms with Crippen molar-refractivity contribution in [2.45, 2.75) is 25.3 Å². The van der Waals surface area contributed by atoms with Crippen molar-refractivity contribution in [3.63, 3.8) is 0 Å². The minimum atomic E-state index is -3.81. The molecule has 0 aromatic heterocycles. The lowest BCUT2D eigenvalue weighted by atomic mass is 10.1. The molecule has 1 heterocycles. The lowest BCUT2D eigenvalue weighted by molar-refractivity contribution is 0.0785. The van der Waals surface area contributed by atoms with E-state index in [2.05, 4.69) is 14.9 Å². The summed E-state index contributed by atoms with van der Waals surface area (Å²) in [4.78, 5) is 17.7. The van der Waals surface area contributed by atoms with E-state index in [4.69, 9.17) is 0 Å². The first kappa shape index (κ1) is 24.8. The normalized spacial score (nSPS) is 14.0. The molecule has 0 atom stereocenters. The predicted octanol–water partition coefficient (Wildman–Crippen LogP) is 3.79. The lowest BCUT2D eigenvalue weighted by Gasteiger charge is -2.32. The molecule has 0 aliphatic carbocycles. The summed E-state index contributed by atoms with van der Waals surface area (Å²) in [6, 6.07) is 20.3. The highest BCUT2D eigenvalue weighted by Crippen LogP contribution is 2.28. The second-order valence-corrected chi connectivity index (χ2v) is 10.6. The Balaban J connectivity index is 1.67. The Bertz CT molecular complexity index is 1300. The van der Waals surface area contributed by atoms with Crippen molar-refractivity contribution in [1.29, 1.82) is 0 Å². The van der Waals surface area contributed by atoms with Gasteiger partial charge in [-0.1, -0.05) is 48.0 Å². The molecular weight excluding hydrogens is 460 g/mol. The Morgan fingerprint density at radius 2 is 1.71 bits per heavy atom. The van der Waals surface area contributed by atoms with Gasteiger partial charge in [0.1, 0.15) is 0 Å². The predicted molar refractivity (Wildman–Crippen MR) is 140 cm³/mol. The van der Waals surface area contributed by atoms with Gasteiger partial charge in [-0.05, 0) is 49.2 Å². The van der Waals surface area contributed by atoms with Crippen LogP contribution in [0.4, 0.5) is 11.4 Å². The van der Waals surface area contributed by atoms with Crippen LogP contribution in [0.5, 0.6) is 0 Å². The highest BCUT2D eigenvalue weighted by Gasteiger charge is 2.23. The van der Waals surface area contributed by atoms with Crippen molar-refractivity contribution in [2.24, 2.45) is 0 Å². The van der Waals surface area contributed by atoms with Crippen LogP contribution >= 0.6 is 0 Å². The van der Waals surface area contributed by atoms with Gasteiger partial charge in [-0.25, -0.2) is 8.42 Å². The van der Waals surface area contributed by atoms with Gasteiger partial charge < -0.3 is 15.1 Å². The zero-order valence-electron chi connectivity index (χ0n) is 20.4. The Kier molecular flexibility index (Phi) is 7.42. The van der Waals surface area contributed by atoms with Gasteiger partial charge in [0.25, 0.3) is 15.9 Å². The third-order valence-corrected chi connectivity index (χ3v) is 7.71. The molecule has 3 aromatic carbocycles. The molecule has 0 radical (unpaired) electrons. The molecule has 1 aliphatic rings. The third-order valence-electron chi connectivity index (χ3n) is 6.17. The number of amides is 1. The number of sulfonamides is 1. The Labute approximate surface area is 207 Å². The number of hydrogen-bond acceptors (Lipinski definition) is 5. The molecule has 1 amide bonds. The van der Waals surface area contributed by atoms with Gasteiger partial charge in [0.05, 0.1) is 10.5 Å². The first-order valence-electron chi connectivity index (χ1n) is 11.7. The summed E-state index contributed by atoms with van der Waals surface area (Å²) >= 11 is 0. The number of nitrogens with one attached hydrogen (secondary N) is 2. The van der Waals surface area contributed by atoms with E-state index in [9.17, 15) is 13.2 Å². The van der Waals surface area contributed by atoms with Gasteiger partial charge >= 0.3 is 0 Å². The van der Waals surface area contributed by atoms with Crippen LogP contribution in [-0.2, 0) is 16.6 Å². The van der Waals surface area contributed by atoms with E-state index >= 15 is 0 Å². The number of hydrogen-bond donors (Lipinski definition) is 2. The van der Waals surface area contributed by atoms with Crippen LogP contribution in [-0.4, -0.2) is 52.5 Å². The lowest BCUT2D eigenvalue weighted by Crippen LogP contribution is -2.44. The molecule has 2 N–H and O–H groups in total. The van der Waals surface area contributed by atoms with Crippen LogP contribution in [0.1, 0.15) is 27.0 Å². The summed E-state index contributed by atoms with van der Waals surface area (Å²) in [6.07, 6.45) is 0. The van der Waals surface area contributed by atoms with E-state index in [0.29, 0.717) is 23.4 Å². The monoisotopic (exact) mass is 492 g/mol. The number of rotatable bonds is 7. The van der Waals surface area contributed by atoms with Gasteiger partial charge in [0.15, 0.2) is 0 Å². The maximum atomic E-state index is 13.6. The van der Waals surface area contributed by atoms with Crippen LogP contribution in [0.15, 0.2) is 71.6 Å². The minimum Gasteiger partial charge on any atom is -0.368 e. The average Bonchev–Trinajstić information content (AvgIpc) is 2.84. The molecule has 7 nitrogen and oxygen atoms in total. The molecular formula is C27H32N4O3S. The van der Waals surface area contributed by atoms with Crippen LogP contribution in [0.2, 0.25) is 0 Å². The van der Waals surface area contributed by atoms with Crippen molar-refractivity contribution in [2.75, 3.05) is 42.8 Å². The topological polar surface area (TPSA) is 81.8 Å². The number of nitrogens with zero attached hydrogens (tertiary/aromatic N) is 2. The van der Waals surface area contributed by atoms with E-state index in [-0.39, 0.29) is 10.8 Å². The highest BCUT2D eigenvalue weighted by molar-refractivity contribution is 7.92. The van der Waals surface area contributed by atoms with Crippen molar-refractivity contribution >= 4 is 27.3 Å². The SMILES string of the molecule is Cc1ccc(S(=O)(=O)Nc2ccc(N3CCNCC3)c(C(=O)N(C)Cc3ccccc3)c2)c(C)c1. The molecule has 35 heavy (non-hydrogen) atoms. The van der Waals surface area contributed by atoms with Crippen LogP contribution in [0, 0.1) is 13.8 Å². The van der Waals surface area contributed by atoms with E-state index in [1.54, 1.807) is 43.1 Å². The van der Waals surface area contributed by atoms with E-state index in [1.165, 1.54) is 0 Å². The first-order valence-corrected chi connectivity index (χ1v) is 13.2. The first-order chi connectivity index (χ1) is 16.7. The van der Waals surface area contributed by atoms with Gasteiger partial charge in [-0.15, -0.1) is 0 Å². The standard InChI is InChI=1S/C27H32N4O3S/c1-20-9-12-26(21(2)17-20)35(33,34)29-23-10-11-25(31-15-13-28-14-16-31)24(18-23)27(32)30(3)19-22-7-5-4-6-8-22/h4-12,17-18,28-29H,13-16,19H2,1-3H3. The molecule has 1 saturated heterocycles. The van der Waals surface area contributed by atoms with Gasteiger partial charge in [-0.2, -0.15) is 0 Å². The molecule has 4 rings (SSSR count). The van der Waals surface area contributed by atoms with Crippen molar-refractivity contribution < 1.29 is 13.2 Å². The number of benzene rings is 3. The number of anilines is 2. The third kappa shape index (κ3) is 5.83. The number of carbonyl (C=O) groups excluding carboxylic acids is 1. The van der Waals surface area contributed by atoms with Crippen LogP contribution in [0.3, 0.4) is 0 Å². The zero-order chi connectivity index (χ0) is 25.0. The van der Waals surface area contributed by atoms with Gasteiger partial charge in [0.2, 0.25) is 0 Å². The van der Waals surface area contributed by atoms with E-state index < -0.39 is 10.0 Å². The Hall–Kier alpha value is -3.36. The largest absolute Gasteiger partial charge is 0.368 e. The van der Waals surface area contributed by atoms with Crippen LogP contribution < -0.4 is 14.9 Å². The molecule has 184 valence electrons. The minimum absolute atomic E-state index is 0.157. The fraction of sp³-hybridized carbons (Fsp3) is 0.296. The number of carbonyl (C=O) groups is 1. The summed E-state index contributed by atoms with van der Waals surface area (Å²) in [5, 5.41) is 3.33. The van der Waals surface area contributed by atoms with E-state index in [1.807, 2.05) is 49.4 Å². The quantitative estimate of drug-likeness (QED) is 0.525. The molecule has 3 aromatic rings. The van der Waals surface area contributed by atoms with Crippen molar-refractivity contribution in [1.82, 2.24) is 10.2 Å². The Morgan fingerprint density at radius 3 is 2.40 bits per heavy atom. The molecule has 1 fully saturated rings. The second-order valence-electron chi connectivity index (χ2n) is 8.99. The summed E-state index contributed by atoms with van der Waals surface area (Å²) in [6.45, 7) is 7.37. The highest BCUT2D eigenvalue weighted by atomic mass is 32.2. The molecule has 8 heteroatoms. The maximum absolute atomic E-state index is 13.6. The zero-order valence-corrected chi connectivity index (χ0v) is 21.2. The molecule has 0 saturated carbocycles. The average molecular weight is 493 g/mol. The maximum Gasteiger partial charge on any atom is 0.262 e. The van der Waals surface area contributed by atoms with E-state index in [0.717, 1.165) is 43.0 Å². The summed E-state index contributed by atoms with van der Waals surface area (Å²) in [5.74, 6) is -0.157. The van der Waals surface area contributed by atoms with Crippen LogP contribution in [0.25, 0.3) is 0 Å². The van der Waals surface area contributed by atoms with Gasteiger partial charge in [0, 0.05) is 51.1 Å². The number of piperazine rings is 1. The smallest absolute Gasteiger partial charge is 0.262 e. The number of aryl methyl sites for hydroxylation is 2. The summed E-state index contributed by atoms with van der Waals surface area (Å²) < 4.78 is 29.0. The molecule has 1 aliphatic heterocycles. The fourth-order valence-electron chi connectivity index (χ4n) is 4.40. The second kappa shape index (κ2) is 10.5. The molecule has 0 unspecified atom stereocenters. The van der Waals surface area contributed by atoms with Gasteiger partial charge in [-0.3, -0.25) is 9.52 Å². The Morgan fingerprint density at radius 1 is 1.00 bits per heavy atom. The molecule has 0 spiro atoms.